The third-order valence-corrected chi connectivity index (χ3v) is 4.07. The predicted molar refractivity (Wildman–Crippen MR) is 85.3 cm³/mol. The molecule has 0 unspecified atom stereocenters. The number of carbonyl (C=O) groups excluding carboxylic acids is 1. The second-order valence-electron chi connectivity index (χ2n) is 6.04. The lowest BCUT2D eigenvalue weighted by molar-refractivity contribution is -0.137. The summed E-state index contributed by atoms with van der Waals surface area (Å²) >= 11 is 0. The number of hydrogen-bond acceptors (Lipinski definition) is 3. The van der Waals surface area contributed by atoms with Crippen LogP contribution in [0.4, 0.5) is 0 Å². The first-order valence-corrected chi connectivity index (χ1v) is 7.65. The number of aliphatic carboxylic acids is 1. The third kappa shape index (κ3) is 2.97. The number of carboxylic acids is 1. The van der Waals surface area contributed by atoms with Gasteiger partial charge in [-0.25, -0.2) is 0 Å². The van der Waals surface area contributed by atoms with Gasteiger partial charge in [-0.3, -0.25) is 14.3 Å². The van der Waals surface area contributed by atoms with E-state index in [1.165, 1.54) is 10.5 Å². The zero-order valence-electron chi connectivity index (χ0n) is 13.2. The quantitative estimate of drug-likeness (QED) is 0.939. The van der Waals surface area contributed by atoms with E-state index in [2.05, 4.69) is 31.1 Å². The van der Waals surface area contributed by atoms with Gasteiger partial charge in [0.25, 0.3) is 5.91 Å². The topological polar surface area (TPSA) is 75.4 Å². The molecule has 23 heavy (non-hydrogen) atoms. The average Bonchev–Trinajstić information content (AvgIpc) is 2.95. The van der Waals surface area contributed by atoms with Gasteiger partial charge in [0.1, 0.15) is 12.2 Å². The van der Waals surface area contributed by atoms with Crippen molar-refractivity contribution < 1.29 is 14.7 Å². The van der Waals surface area contributed by atoms with Crippen molar-refractivity contribution in [2.24, 2.45) is 0 Å². The van der Waals surface area contributed by atoms with Gasteiger partial charge >= 0.3 is 5.97 Å². The largest absolute Gasteiger partial charge is 0.480 e. The third-order valence-electron chi connectivity index (χ3n) is 4.07. The fraction of sp³-hybridized carbons (Fsp3) is 0.353. The zero-order valence-corrected chi connectivity index (χ0v) is 13.2. The first kappa shape index (κ1) is 15.3. The first-order valence-electron chi connectivity index (χ1n) is 7.65. The van der Waals surface area contributed by atoms with E-state index < -0.39 is 5.97 Å². The zero-order chi connectivity index (χ0) is 16.6. The molecular formula is C17H19N3O3. The number of rotatable bonds is 4. The van der Waals surface area contributed by atoms with Gasteiger partial charge in [0, 0.05) is 12.1 Å². The summed E-state index contributed by atoms with van der Waals surface area (Å²) in [5, 5.41) is 13.4. The molecule has 0 bridgehead atoms. The molecule has 1 amide bonds. The summed E-state index contributed by atoms with van der Waals surface area (Å²) in [6, 6.07) is 9.88. The van der Waals surface area contributed by atoms with Crippen molar-refractivity contribution in [3.05, 3.63) is 41.6 Å². The highest BCUT2D eigenvalue weighted by atomic mass is 16.4. The smallest absolute Gasteiger partial charge is 0.323 e. The molecule has 3 rings (SSSR count). The summed E-state index contributed by atoms with van der Waals surface area (Å²) in [7, 11) is 0. The van der Waals surface area contributed by atoms with Crippen LogP contribution in [-0.4, -0.2) is 44.8 Å². The monoisotopic (exact) mass is 313 g/mol. The lowest BCUT2D eigenvalue weighted by atomic mass is 10.0. The Morgan fingerprint density at radius 3 is 2.57 bits per heavy atom. The van der Waals surface area contributed by atoms with Crippen LogP contribution in [0.5, 0.6) is 0 Å². The van der Waals surface area contributed by atoms with Crippen LogP contribution in [0.25, 0.3) is 11.3 Å². The molecule has 1 aromatic heterocycles. The van der Waals surface area contributed by atoms with Crippen molar-refractivity contribution in [2.75, 3.05) is 13.1 Å². The second-order valence-corrected chi connectivity index (χ2v) is 6.04. The molecule has 0 saturated heterocycles. The van der Waals surface area contributed by atoms with E-state index in [4.69, 9.17) is 5.11 Å². The van der Waals surface area contributed by atoms with E-state index in [1.807, 2.05) is 12.1 Å². The first-order chi connectivity index (χ1) is 11.0. The molecule has 120 valence electrons. The van der Waals surface area contributed by atoms with E-state index in [-0.39, 0.29) is 12.5 Å². The SMILES string of the molecule is CC(C)c1ccc(-c2cc3n(n2)CCN(CC(=O)O)C3=O)cc1. The molecule has 0 aliphatic carbocycles. The van der Waals surface area contributed by atoms with Crippen molar-refractivity contribution >= 4 is 11.9 Å². The van der Waals surface area contributed by atoms with Gasteiger partial charge in [-0.15, -0.1) is 0 Å². The molecule has 0 atom stereocenters. The summed E-state index contributed by atoms with van der Waals surface area (Å²) in [4.78, 5) is 24.5. The number of aromatic nitrogens is 2. The molecule has 2 aromatic rings. The highest BCUT2D eigenvalue weighted by Gasteiger charge is 2.27. The Morgan fingerprint density at radius 2 is 1.96 bits per heavy atom. The number of fused-ring (bicyclic) bond motifs is 1. The maximum Gasteiger partial charge on any atom is 0.323 e. The standard InChI is InChI=1S/C17H19N3O3/c1-11(2)12-3-5-13(6-4-12)14-9-15-17(23)19(10-16(21)22)7-8-20(15)18-14/h3-6,9,11H,7-8,10H2,1-2H3,(H,21,22). The van der Waals surface area contributed by atoms with Gasteiger partial charge in [0.15, 0.2) is 0 Å². The van der Waals surface area contributed by atoms with Crippen LogP contribution in [0.3, 0.4) is 0 Å². The van der Waals surface area contributed by atoms with E-state index in [0.717, 1.165) is 11.3 Å². The molecule has 1 aliphatic heterocycles. The predicted octanol–water partition coefficient (Wildman–Crippen LogP) is 2.21. The summed E-state index contributed by atoms with van der Waals surface area (Å²) in [6.07, 6.45) is 0. The summed E-state index contributed by atoms with van der Waals surface area (Å²) in [6.45, 7) is 4.88. The molecule has 0 spiro atoms. The average molecular weight is 313 g/mol. The van der Waals surface area contributed by atoms with Crippen LogP contribution in [0.1, 0.15) is 35.8 Å². The Morgan fingerprint density at radius 1 is 1.26 bits per heavy atom. The Hall–Kier alpha value is -2.63. The van der Waals surface area contributed by atoms with Crippen molar-refractivity contribution in [1.82, 2.24) is 14.7 Å². The minimum Gasteiger partial charge on any atom is -0.480 e. The van der Waals surface area contributed by atoms with E-state index in [1.54, 1.807) is 10.7 Å². The molecule has 6 nitrogen and oxygen atoms in total. The second kappa shape index (κ2) is 5.87. The Kier molecular flexibility index (Phi) is 3.90. The van der Waals surface area contributed by atoms with Gasteiger partial charge in [-0.2, -0.15) is 5.10 Å². The van der Waals surface area contributed by atoms with Crippen molar-refractivity contribution in [1.29, 1.82) is 0 Å². The van der Waals surface area contributed by atoms with Crippen LogP contribution in [0.2, 0.25) is 0 Å². The van der Waals surface area contributed by atoms with Gasteiger partial charge in [0.2, 0.25) is 0 Å². The fourth-order valence-corrected chi connectivity index (χ4v) is 2.73. The van der Waals surface area contributed by atoms with Crippen LogP contribution in [-0.2, 0) is 11.3 Å². The van der Waals surface area contributed by atoms with Crippen molar-refractivity contribution in [3.8, 4) is 11.3 Å². The molecular weight excluding hydrogens is 294 g/mol. The number of hydrogen-bond donors (Lipinski definition) is 1. The molecule has 0 radical (unpaired) electrons. The molecule has 2 heterocycles. The summed E-state index contributed by atoms with van der Waals surface area (Å²) < 4.78 is 1.66. The lowest BCUT2D eigenvalue weighted by Crippen LogP contribution is -2.43. The molecule has 1 aromatic carbocycles. The fourth-order valence-electron chi connectivity index (χ4n) is 2.73. The Labute approximate surface area is 134 Å². The van der Waals surface area contributed by atoms with Gasteiger partial charge in [0.05, 0.1) is 12.2 Å². The highest BCUT2D eigenvalue weighted by molar-refractivity contribution is 5.96. The van der Waals surface area contributed by atoms with Gasteiger partial charge in [-0.1, -0.05) is 38.1 Å². The molecule has 1 aliphatic rings. The lowest BCUT2D eigenvalue weighted by Gasteiger charge is -2.25. The van der Waals surface area contributed by atoms with Crippen molar-refractivity contribution in [3.63, 3.8) is 0 Å². The normalized spacial score (nSPS) is 14.2. The number of amides is 1. The maximum atomic E-state index is 12.3. The maximum absolute atomic E-state index is 12.3. The number of benzene rings is 1. The van der Waals surface area contributed by atoms with Gasteiger partial charge in [-0.05, 0) is 17.5 Å². The number of carbonyl (C=O) groups is 2. The van der Waals surface area contributed by atoms with E-state index >= 15 is 0 Å². The minimum atomic E-state index is -1.00. The number of nitrogens with zero attached hydrogens (tertiary/aromatic N) is 3. The Bertz CT molecular complexity index is 747. The van der Waals surface area contributed by atoms with Crippen molar-refractivity contribution in [2.45, 2.75) is 26.3 Å². The van der Waals surface area contributed by atoms with Crippen LogP contribution >= 0.6 is 0 Å². The van der Waals surface area contributed by atoms with E-state index in [9.17, 15) is 9.59 Å². The molecule has 0 fully saturated rings. The highest BCUT2D eigenvalue weighted by Crippen LogP contribution is 2.24. The molecule has 6 heteroatoms. The molecule has 0 saturated carbocycles. The molecule has 1 N–H and O–H groups in total. The van der Waals surface area contributed by atoms with Gasteiger partial charge < -0.3 is 10.0 Å². The summed E-state index contributed by atoms with van der Waals surface area (Å²) in [5.41, 5.74) is 3.39. The minimum absolute atomic E-state index is 0.275. The van der Waals surface area contributed by atoms with Crippen LogP contribution < -0.4 is 0 Å². The number of carboxylic acid groups (broad SMARTS) is 1. The van der Waals surface area contributed by atoms with Crippen LogP contribution in [0.15, 0.2) is 30.3 Å². The Balaban J connectivity index is 1.88. The van der Waals surface area contributed by atoms with E-state index in [0.29, 0.717) is 24.7 Å². The summed E-state index contributed by atoms with van der Waals surface area (Å²) in [5.74, 6) is -0.822. The van der Waals surface area contributed by atoms with Crippen LogP contribution in [0, 0.1) is 0 Å².